The molecule has 31 heavy (non-hydrogen) atoms. The maximum Gasteiger partial charge on any atom is 0.245 e. The predicted molar refractivity (Wildman–Crippen MR) is 117 cm³/mol. The predicted octanol–water partition coefficient (Wildman–Crippen LogP) is 1.57. The number of nitrogens with two attached hydrogens (primary N) is 1. The summed E-state index contributed by atoms with van der Waals surface area (Å²) in [5, 5.41) is 2.84. The highest BCUT2D eigenvalue weighted by atomic mass is 16.2. The molecule has 8 heteroatoms. The van der Waals surface area contributed by atoms with Gasteiger partial charge in [0.2, 0.25) is 23.6 Å². The van der Waals surface area contributed by atoms with Crippen molar-refractivity contribution in [2.45, 2.75) is 89.6 Å². The molecular weight excluding hydrogens is 396 g/mol. The number of primary amides is 1. The molecule has 4 amide bonds. The van der Waals surface area contributed by atoms with Crippen molar-refractivity contribution in [1.29, 1.82) is 0 Å². The topological polar surface area (TPSA) is 113 Å². The summed E-state index contributed by atoms with van der Waals surface area (Å²) in [4.78, 5) is 53.8. The average molecular weight is 435 g/mol. The molecule has 8 nitrogen and oxygen atoms in total. The van der Waals surface area contributed by atoms with Gasteiger partial charge in [-0.15, -0.1) is 0 Å². The number of hydrogen-bond donors (Lipinski definition) is 2. The number of hydrogen-bond acceptors (Lipinski definition) is 4. The smallest absolute Gasteiger partial charge is 0.245 e. The zero-order valence-corrected chi connectivity index (χ0v) is 18.8. The lowest BCUT2D eigenvalue weighted by atomic mass is 9.84. The third kappa shape index (κ3) is 6.20. The molecule has 0 aromatic heterocycles. The number of nitrogens with zero attached hydrogens (tertiary/aromatic N) is 2. The fraction of sp³-hybridized carbons (Fsp3) is 0.826. The van der Waals surface area contributed by atoms with E-state index < -0.39 is 18.0 Å². The standard InChI is InChI=1S/C23H38N4O4/c1-16(28)26-12-13-27(23(31)18-10-6-3-7-11-18)20(15-26)22(30)25-19(21(24)29)14-17-8-4-2-5-9-17/h17-20H,2-15H2,1H3,(H2,24,29)(H,25,30)/t19-,20-/m0/s1. The molecule has 3 fully saturated rings. The van der Waals surface area contributed by atoms with Gasteiger partial charge in [-0.25, -0.2) is 0 Å². The molecule has 3 N–H and O–H groups in total. The van der Waals surface area contributed by atoms with E-state index in [9.17, 15) is 19.2 Å². The van der Waals surface area contributed by atoms with E-state index in [1.54, 1.807) is 9.80 Å². The van der Waals surface area contributed by atoms with Gasteiger partial charge in [0.15, 0.2) is 0 Å². The van der Waals surface area contributed by atoms with Gasteiger partial charge in [0.05, 0.1) is 6.54 Å². The van der Waals surface area contributed by atoms with Crippen molar-refractivity contribution < 1.29 is 19.2 Å². The number of carbonyl (C=O) groups excluding carboxylic acids is 4. The van der Waals surface area contributed by atoms with Gasteiger partial charge in [0, 0.05) is 25.9 Å². The highest BCUT2D eigenvalue weighted by Crippen LogP contribution is 2.29. The molecule has 0 aromatic rings. The summed E-state index contributed by atoms with van der Waals surface area (Å²) in [5.41, 5.74) is 5.62. The number of amides is 4. The van der Waals surface area contributed by atoms with Crippen molar-refractivity contribution in [3.05, 3.63) is 0 Å². The van der Waals surface area contributed by atoms with Gasteiger partial charge in [0.1, 0.15) is 12.1 Å². The van der Waals surface area contributed by atoms with Gasteiger partial charge in [-0.1, -0.05) is 51.4 Å². The molecule has 174 valence electrons. The molecule has 2 aliphatic carbocycles. The summed E-state index contributed by atoms with van der Waals surface area (Å²) in [6, 6.07) is -1.52. The van der Waals surface area contributed by atoms with Crippen LogP contribution in [0.1, 0.15) is 77.6 Å². The summed E-state index contributed by atoms with van der Waals surface area (Å²) in [6.45, 7) is 2.41. The molecule has 0 spiro atoms. The molecule has 1 saturated heterocycles. The number of rotatable bonds is 6. The van der Waals surface area contributed by atoms with Crippen molar-refractivity contribution >= 4 is 23.6 Å². The lowest BCUT2D eigenvalue weighted by Gasteiger charge is -2.42. The van der Waals surface area contributed by atoms with E-state index in [1.165, 1.54) is 13.3 Å². The van der Waals surface area contributed by atoms with E-state index in [0.717, 1.165) is 57.8 Å². The molecule has 3 rings (SSSR count). The minimum Gasteiger partial charge on any atom is -0.368 e. The van der Waals surface area contributed by atoms with Crippen LogP contribution in [0.15, 0.2) is 0 Å². The Morgan fingerprint density at radius 3 is 2.13 bits per heavy atom. The second-order valence-electron chi connectivity index (χ2n) is 9.55. The Morgan fingerprint density at radius 1 is 0.935 bits per heavy atom. The number of piperazine rings is 1. The van der Waals surface area contributed by atoms with E-state index in [-0.39, 0.29) is 30.2 Å². The van der Waals surface area contributed by atoms with Crippen LogP contribution in [0.5, 0.6) is 0 Å². The van der Waals surface area contributed by atoms with Crippen LogP contribution < -0.4 is 11.1 Å². The Labute approximate surface area is 185 Å². The average Bonchev–Trinajstić information content (AvgIpc) is 2.78. The molecule has 2 saturated carbocycles. The SMILES string of the molecule is CC(=O)N1CCN(C(=O)C2CCCCC2)[C@H](C(=O)N[C@@H](CC2CCCCC2)C(N)=O)C1. The Kier molecular flexibility index (Phi) is 8.32. The first-order valence-electron chi connectivity index (χ1n) is 12.0. The van der Waals surface area contributed by atoms with Gasteiger partial charge >= 0.3 is 0 Å². The second-order valence-corrected chi connectivity index (χ2v) is 9.55. The van der Waals surface area contributed by atoms with Crippen LogP contribution in [0.2, 0.25) is 0 Å². The Bertz CT molecular complexity index is 670. The first-order valence-corrected chi connectivity index (χ1v) is 12.0. The fourth-order valence-corrected chi connectivity index (χ4v) is 5.41. The van der Waals surface area contributed by atoms with Crippen LogP contribution in [0.4, 0.5) is 0 Å². The summed E-state index contributed by atoms with van der Waals surface area (Å²) in [6.07, 6.45) is 11.1. The van der Waals surface area contributed by atoms with Crippen molar-refractivity contribution in [3.8, 4) is 0 Å². The molecule has 0 unspecified atom stereocenters. The third-order valence-electron chi connectivity index (χ3n) is 7.32. The van der Waals surface area contributed by atoms with Gasteiger partial charge < -0.3 is 20.9 Å². The van der Waals surface area contributed by atoms with E-state index in [4.69, 9.17) is 5.73 Å². The minimum atomic E-state index is -0.778. The minimum absolute atomic E-state index is 0.00552. The maximum atomic E-state index is 13.3. The van der Waals surface area contributed by atoms with Crippen molar-refractivity contribution in [3.63, 3.8) is 0 Å². The number of carbonyl (C=O) groups is 4. The normalized spacial score (nSPS) is 24.5. The first kappa shape index (κ1) is 23.5. The van der Waals surface area contributed by atoms with E-state index >= 15 is 0 Å². The molecule has 0 bridgehead atoms. The Balaban J connectivity index is 1.70. The second kappa shape index (κ2) is 11.0. The van der Waals surface area contributed by atoms with Crippen molar-refractivity contribution in [2.75, 3.05) is 19.6 Å². The lowest BCUT2D eigenvalue weighted by molar-refractivity contribution is -0.151. The van der Waals surface area contributed by atoms with Crippen LogP contribution in [0.25, 0.3) is 0 Å². The first-order chi connectivity index (χ1) is 14.9. The van der Waals surface area contributed by atoms with E-state index in [0.29, 0.717) is 25.4 Å². The zero-order valence-electron chi connectivity index (χ0n) is 18.8. The summed E-state index contributed by atoms with van der Waals surface area (Å²) in [7, 11) is 0. The highest BCUT2D eigenvalue weighted by molar-refractivity contribution is 5.93. The van der Waals surface area contributed by atoms with E-state index in [2.05, 4.69) is 5.32 Å². The quantitative estimate of drug-likeness (QED) is 0.660. The summed E-state index contributed by atoms with van der Waals surface area (Å²) >= 11 is 0. The van der Waals surface area contributed by atoms with Gasteiger partial charge in [-0.05, 0) is 25.2 Å². The molecule has 1 aliphatic heterocycles. The molecule has 3 aliphatic rings. The number of nitrogens with one attached hydrogen (secondary N) is 1. The molecule has 0 radical (unpaired) electrons. The summed E-state index contributed by atoms with van der Waals surface area (Å²) in [5.74, 6) is -0.700. The zero-order chi connectivity index (χ0) is 22.4. The monoisotopic (exact) mass is 434 g/mol. The molecular formula is C23H38N4O4. The Morgan fingerprint density at radius 2 is 1.55 bits per heavy atom. The maximum absolute atomic E-state index is 13.3. The molecule has 2 atom stereocenters. The third-order valence-corrected chi connectivity index (χ3v) is 7.32. The molecule has 0 aromatic carbocycles. The highest BCUT2D eigenvalue weighted by Gasteiger charge is 2.40. The van der Waals surface area contributed by atoms with Crippen molar-refractivity contribution in [2.24, 2.45) is 17.6 Å². The van der Waals surface area contributed by atoms with E-state index in [1.807, 2.05) is 0 Å². The van der Waals surface area contributed by atoms with Crippen LogP contribution in [0.3, 0.4) is 0 Å². The molecule has 1 heterocycles. The lowest BCUT2D eigenvalue weighted by Crippen LogP contribution is -2.63. The van der Waals surface area contributed by atoms with Crippen LogP contribution in [-0.4, -0.2) is 65.1 Å². The largest absolute Gasteiger partial charge is 0.368 e. The summed E-state index contributed by atoms with van der Waals surface area (Å²) < 4.78 is 0. The van der Waals surface area contributed by atoms with Crippen LogP contribution in [0, 0.1) is 11.8 Å². The van der Waals surface area contributed by atoms with Crippen molar-refractivity contribution in [1.82, 2.24) is 15.1 Å². The van der Waals surface area contributed by atoms with Gasteiger partial charge in [-0.2, -0.15) is 0 Å². The van der Waals surface area contributed by atoms with Crippen LogP contribution in [-0.2, 0) is 19.2 Å². The Hall–Kier alpha value is -2.12. The van der Waals surface area contributed by atoms with Crippen LogP contribution >= 0.6 is 0 Å². The van der Waals surface area contributed by atoms with Gasteiger partial charge in [-0.3, -0.25) is 19.2 Å². The van der Waals surface area contributed by atoms with Gasteiger partial charge in [0.25, 0.3) is 0 Å². The fourth-order valence-electron chi connectivity index (χ4n) is 5.41.